The number of ether oxygens (including phenoxy) is 1. The molecular formula is C19H19N3O3S2. The number of esters is 1. The number of carbonyl (C=O) groups excluding carboxylic acids is 2. The van der Waals surface area contributed by atoms with Crippen LogP contribution in [0.25, 0.3) is 10.2 Å². The van der Waals surface area contributed by atoms with Crippen molar-refractivity contribution in [1.29, 1.82) is 0 Å². The third-order valence-corrected chi connectivity index (χ3v) is 5.90. The molecule has 2 aromatic heterocycles. The number of benzene rings is 1. The van der Waals surface area contributed by atoms with Gasteiger partial charge in [0.2, 0.25) is 0 Å². The molecule has 8 heteroatoms. The van der Waals surface area contributed by atoms with Gasteiger partial charge >= 0.3 is 5.97 Å². The van der Waals surface area contributed by atoms with E-state index in [0.29, 0.717) is 34.1 Å². The number of hydrogen-bond donors (Lipinski definition) is 0. The van der Waals surface area contributed by atoms with E-state index in [-0.39, 0.29) is 11.9 Å². The highest BCUT2D eigenvalue weighted by atomic mass is 32.1. The van der Waals surface area contributed by atoms with Gasteiger partial charge in [0.25, 0.3) is 5.91 Å². The van der Waals surface area contributed by atoms with Crippen LogP contribution in [0, 0.1) is 13.8 Å². The molecule has 0 bridgehead atoms. The first-order valence-corrected chi connectivity index (χ1v) is 10.0. The van der Waals surface area contributed by atoms with E-state index in [1.807, 2.05) is 17.6 Å². The SMILES string of the molecule is C=CCn1c(=NC(=O)c2sc(C)nc2C)sc2cc(C(=O)OCC)ccc21. The minimum absolute atomic E-state index is 0.312. The summed E-state index contributed by atoms with van der Waals surface area (Å²) in [4.78, 5) is 34.3. The quantitative estimate of drug-likeness (QED) is 0.480. The first-order valence-electron chi connectivity index (χ1n) is 8.39. The lowest BCUT2D eigenvalue weighted by Gasteiger charge is -2.03. The monoisotopic (exact) mass is 401 g/mol. The van der Waals surface area contributed by atoms with Gasteiger partial charge in [0.1, 0.15) is 4.88 Å². The zero-order chi connectivity index (χ0) is 19.6. The summed E-state index contributed by atoms with van der Waals surface area (Å²) < 4.78 is 7.82. The summed E-state index contributed by atoms with van der Waals surface area (Å²) in [6.45, 7) is 10.0. The fourth-order valence-electron chi connectivity index (χ4n) is 2.67. The number of nitrogens with zero attached hydrogens (tertiary/aromatic N) is 3. The Labute approximate surface area is 164 Å². The lowest BCUT2D eigenvalue weighted by atomic mass is 10.2. The van der Waals surface area contributed by atoms with Crippen LogP contribution in [0.4, 0.5) is 0 Å². The van der Waals surface area contributed by atoms with Crippen molar-refractivity contribution in [2.75, 3.05) is 6.61 Å². The number of aromatic nitrogens is 2. The molecule has 3 aromatic rings. The number of aryl methyl sites for hydroxylation is 2. The maximum atomic E-state index is 12.6. The number of fused-ring (bicyclic) bond motifs is 1. The molecule has 0 unspecified atom stereocenters. The first-order chi connectivity index (χ1) is 12.9. The van der Waals surface area contributed by atoms with Gasteiger partial charge in [0.15, 0.2) is 4.80 Å². The van der Waals surface area contributed by atoms with Gasteiger partial charge in [0.05, 0.1) is 33.1 Å². The number of allylic oxidation sites excluding steroid dienone is 1. The summed E-state index contributed by atoms with van der Waals surface area (Å²) in [5, 5.41) is 0.834. The Hall–Kier alpha value is -2.58. The third kappa shape index (κ3) is 3.91. The van der Waals surface area contributed by atoms with Crippen LogP contribution < -0.4 is 4.80 Å². The van der Waals surface area contributed by atoms with E-state index in [9.17, 15) is 9.59 Å². The molecule has 0 fully saturated rings. The fraction of sp³-hybridized carbons (Fsp3) is 0.263. The molecule has 1 amide bonds. The van der Waals surface area contributed by atoms with Gasteiger partial charge in [-0.1, -0.05) is 17.4 Å². The van der Waals surface area contributed by atoms with Crippen molar-refractivity contribution >= 4 is 44.8 Å². The van der Waals surface area contributed by atoms with Gasteiger partial charge in [0, 0.05) is 6.54 Å². The summed E-state index contributed by atoms with van der Waals surface area (Å²) in [6, 6.07) is 5.32. The van der Waals surface area contributed by atoms with Gasteiger partial charge in [-0.3, -0.25) is 4.79 Å². The van der Waals surface area contributed by atoms with Crippen LogP contribution in [0.1, 0.15) is 37.7 Å². The molecule has 0 aliphatic heterocycles. The Morgan fingerprint density at radius 1 is 1.33 bits per heavy atom. The van der Waals surface area contributed by atoms with E-state index in [2.05, 4.69) is 16.6 Å². The normalized spacial score (nSPS) is 11.7. The zero-order valence-corrected chi connectivity index (χ0v) is 16.9. The standard InChI is InChI=1S/C19H19N3O3S2/c1-5-9-22-14-8-7-13(18(24)25-6-2)10-15(14)27-19(22)21-17(23)16-11(3)20-12(4)26-16/h5,7-8,10H,1,6,9H2,2-4H3. The molecule has 0 aliphatic carbocycles. The molecule has 0 N–H and O–H groups in total. The van der Waals surface area contributed by atoms with Crippen LogP contribution in [0.3, 0.4) is 0 Å². The lowest BCUT2D eigenvalue weighted by molar-refractivity contribution is 0.0526. The van der Waals surface area contributed by atoms with Crippen LogP contribution in [0.2, 0.25) is 0 Å². The number of carbonyl (C=O) groups is 2. The summed E-state index contributed by atoms with van der Waals surface area (Å²) in [6.07, 6.45) is 1.75. The summed E-state index contributed by atoms with van der Waals surface area (Å²) >= 11 is 2.69. The maximum Gasteiger partial charge on any atom is 0.338 e. The lowest BCUT2D eigenvalue weighted by Crippen LogP contribution is -2.16. The second kappa shape index (κ2) is 7.98. The summed E-state index contributed by atoms with van der Waals surface area (Å²) in [5.74, 6) is -0.679. The van der Waals surface area contributed by atoms with Crippen molar-refractivity contribution in [2.45, 2.75) is 27.3 Å². The molecule has 6 nitrogen and oxygen atoms in total. The number of rotatable bonds is 5. The largest absolute Gasteiger partial charge is 0.462 e. The average molecular weight is 402 g/mol. The number of hydrogen-bond acceptors (Lipinski definition) is 6. The molecular weight excluding hydrogens is 382 g/mol. The van der Waals surface area contributed by atoms with Crippen LogP contribution in [-0.4, -0.2) is 28.0 Å². The molecule has 0 saturated heterocycles. The predicted molar refractivity (Wildman–Crippen MR) is 107 cm³/mol. The molecule has 2 heterocycles. The van der Waals surface area contributed by atoms with E-state index in [0.717, 1.165) is 15.2 Å². The number of amides is 1. The smallest absolute Gasteiger partial charge is 0.338 e. The molecule has 1 aromatic carbocycles. The molecule has 0 saturated carbocycles. The van der Waals surface area contributed by atoms with Gasteiger partial charge in [-0.2, -0.15) is 4.99 Å². The van der Waals surface area contributed by atoms with Crippen LogP contribution in [0.15, 0.2) is 35.8 Å². The molecule has 0 radical (unpaired) electrons. The molecule has 0 atom stereocenters. The predicted octanol–water partition coefficient (Wildman–Crippen LogP) is 3.88. The van der Waals surface area contributed by atoms with E-state index in [1.54, 1.807) is 32.1 Å². The van der Waals surface area contributed by atoms with E-state index in [4.69, 9.17) is 4.74 Å². The highest BCUT2D eigenvalue weighted by molar-refractivity contribution is 7.16. The van der Waals surface area contributed by atoms with Crippen LogP contribution in [0.5, 0.6) is 0 Å². The van der Waals surface area contributed by atoms with Gasteiger partial charge in [-0.25, -0.2) is 9.78 Å². The summed E-state index contributed by atoms with van der Waals surface area (Å²) in [7, 11) is 0. The molecule has 140 valence electrons. The minimum Gasteiger partial charge on any atom is -0.462 e. The molecule has 3 rings (SSSR count). The van der Waals surface area contributed by atoms with Gasteiger partial charge in [-0.05, 0) is 39.0 Å². The maximum absolute atomic E-state index is 12.6. The zero-order valence-electron chi connectivity index (χ0n) is 15.3. The van der Waals surface area contributed by atoms with Crippen molar-refractivity contribution in [3.05, 3.63) is 56.8 Å². The van der Waals surface area contributed by atoms with Crippen molar-refractivity contribution in [3.8, 4) is 0 Å². The highest BCUT2D eigenvalue weighted by Gasteiger charge is 2.15. The first kappa shape index (κ1) is 19.2. The fourth-order valence-corrected chi connectivity index (χ4v) is 4.55. The average Bonchev–Trinajstić information content (AvgIpc) is 3.14. The van der Waals surface area contributed by atoms with Crippen molar-refractivity contribution in [3.63, 3.8) is 0 Å². The second-order valence-corrected chi connectivity index (χ2v) is 7.96. The Balaban J connectivity index is 2.12. The second-order valence-electron chi connectivity index (χ2n) is 5.75. The molecule has 0 aliphatic rings. The summed E-state index contributed by atoms with van der Waals surface area (Å²) in [5.41, 5.74) is 2.05. The molecule has 27 heavy (non-hydrogen) atoms. The van der Waals surface area contributed by atoms with Gasteiger partial charge < -0.3 is 9.30 Å². The van der Waals surface area contributed by atoms with Crippen LogP contribution in [-0.2, 0) is 11.3 Å². The topological polar surface area (TPSA) is 73.5 Å². The van der Waals surface area contributed by atoms with E-state index >= 15 is 0 Å². The Kier molecular flexibility index (Phi) is 5.67. The van der Waals surface area contributed by atoms with Crippen LogP contribution >= 0.6 is 22.7 Å². The van der Waals surface area contributed by atoms with Crippen molar-refractivity contribution in [2.24, 2.45) is 4.99 Å². The van der Waals surface area contributed by atoms with E-state index in [1.165, 1.54) is 22.7 Å². The van der Waals surface area contributed by atoms with Crippen molar-refractivity contribution < 1.29 is 14.3 Å². The highest BCUT2D eigenvalue weighted by Crippen LogP contribution is 2.21. The third-order valence-electron chi connectivity index (χ3n) is 3.80. The van der Waals surface area contributed by atoms with Gasteiger partial charge in [-0.15, -0.1) is 17.9 Å². The van der Waals surface area contributed by atoms with E-state index < -0.39 is 0 Å². The Morgan fingerprint density at radius 3 is 2.74 bits per heavy atom. The minimum atomic E-state index is -0.367. The molecule has 0 spiro atoms. The van der Waals surface area contributed by atoms with Crippen molar-refractivity contribution in [1.82, 2.24) is 9.55 Å². The Bertz CT molecular complexity index is 1110. The number of thiazole rings is 2. The Morgan fingerprint density at radius 2 is 2.11 bits per heavy atom.